The molecule has 4 heteroatoms. The number of amidine groups is 1. The van der Waals surface area contributed by atoms with E-state index in [1.54, 1.807) is 0 Å². The predicted molar refractivity (Wildman–Crippen MR) is 72.7 cm³/mol. The maximum atomic E-state index is 7.56. The van der Waals surface area contributed by atoms with E-state index < -0.39 is 0 Å². The third-order valence-corrected chi connectivity index (χ3v) is 3.57. The second-order valence-electron chi connectivity index (χ2n) is 4.84. The number of rotatable bonds is 5. The van der Waals surface area contributed by atoms with Gasteiger partial charge in [0.05, 0.1) is 12.4 Å². The van der Waals surface area contributed by atoms with Crippen LogP contribution in [0, 0.1) is 5.41 Å². The maximum Gasteiger partial charge on any atom is 0.0924 e. The van der Waals surface area contributed by atoms with Crippen LogP contribution in [-0.4, -0.2) is 37.0 Å². The molecule has 4 nitrogen and oxygen atoms in total. The average Bonchev–Trinajstić information content (AvgIpc) is 2.90. The van der Waals surface area contributed by atoms with Gasteiger partial charge in [-0.05, 0) is 19.0 Å². The Balaban J connectivity index is 2.16. The van der Waals surface area contributed by atoms with Gasteiger partial charge in [-0.15, -0.1) is 0 Å². The Labute approximate surface area is 108 Å². The molecular formula is C14H21N3O. The van der Waals surface area contributed by atoms with E-state index >= 15 is 0 Å². The number of ether oxygens (including phenoxy) is 1. The summed E-state index contributed by atoms with van der Waals surface area (Å²) in [5.41, 5.74) is 6.80. The van der Waals surface area contributed by atoms with Crippen molar-refractivity contribution in [3.8, 4) is 0 Å². The van der Waals surface area contributed by atoms with Crippen molar-refractivity contribution in [1.29, 1.82) is 5.41 Å². The standard InChI is InChI=1S/C14H21N3O/c1-17(12-7-8-18-10-12)13(9-14(15)16)11-5-3-2-4-6-11/h2-6,12-13H,7-10H2,1H3,(H3,15,16). The first-order valence-electron chi connectivity index (χ1n) is 6.36. The van der Waals surface area contributed by atoms with E-state index in [-0.39, 0.29) is 11.9 Å². The van der Waals surface area contributed by atoms with E-state index in [1.165, 1.54) is 5.56 Å². The van der Waals surface area contributed by atoms with Crippen LogP contribution in [0.4, 0.5) is 0 Å². The summed E-state index contributed by atoms with van der Waals surface area (Å²) in [7, 11) is 2.10. The van der Waals surface area contributed by atoms with Gasteiger partial charge in [-0.1, -0.05) is 30.3 Å². The van der Waals surface area contributed by atoms with Crippen molar-refractivity contribution in [2.75, 3.05) is 20.3 Å². The van der Waals surface area contributed by atoms with Crippen LogP contribution in [0.2, 0.25) is 0 Å². The molecular weight excluding hydrogens is 226 g/mol. The van der Waals surface area contributed by atoms with Crippen molar-refractivity contribution in [3.63, 3.8) is 0 Å². The summed E-state index contributed by atoms with van der Waals surface area (Å²) in [5, 5.41) is 7.56. The number of hydrogen-bond acceptors (Lipinski definition) is 3. The lowest BCUT2D eigenvalue weighted by Gasteiger charge is -2.32. The fourth-order valence-electron chi connectivity index (χ4n) is 2.48. The molecule has 0 aromatic heterocycles. The molecule has 0 saturated carbocycles. The smallest absolute Gasteiger partial charge is 0.0924 e. The third kappa shape index (κ3) is 3.09. The molecule has 1 saturated heterocycles. The molecule has 2 rings (SSSR count). The summed E-state index contributed by atoms with van der Waals surface area (Å²) < 4.78 is 5.44. The Hall–Kier alpha value is -1.39. The van der Waals surface area contributed by atoms with Gasteiger partial charge in [0.25, 0.3) is 0 Å². The molecule has 18 heavy (non-hydrogen) atoms. The first-order valence-corrected chi connectivity index (χ1v) is 6.36. The van der Waals surface area contributed by atoms with Crippen LogP contribution >= 0.6 is 0 Å². The average molecular weight is 247 g/mol. The Morgan fingerprint density at radius 3 is 2.78 bits per heavy atom. The van der Waals surface area contributed by atoms with E-state index in [9.17, 15) is 0 Å². The van der Waals surface area contributed by atoms with Crippen molar-refractivity contribution in [2.45, 2.75) is 24.9 Å². The number of benzene rings is 1. The second-order valence-corrected chi connectivity index (χ2v) is 4.84. The molecule has 0 bridgehead atoms. The van der Waals surface area contributed by atoms with Gasteiger partial charge in [0.15, 0.2) is 0 Å². The number of hydrogen-bond donors (Lipinski definition) is 2. The van der Waals surface area contributed by atoms with Crippen LogP contribution in [0.1, 0.15) is 24.4 Å². The number of nitrogens with zero attached hydrogens (tertiary/aromatic N) is 1. The fraction of sp³-hybridized carbons (Fsp3) is 0.500. The van der Waals surface area contributed by atoms with E-state index in [0.717, 1.165) is 19.6 Å². The number of likely N-dealkylation sites (N-methyl/N-ethyl adjacent to an activating group) is 1. The third-order valence-electron chi connectivity index (χ3n) is 3.57. The molecule has 0 spiro atoms. The van der Waals surface area contributed by atoms with Gasteiger partial charge < -0.3 is 10.5 Å². The van der Waals surface area contributed by atoms with Crippen LogP contribution < -0.4 is 5.73 Å². The minimum absolute atomic E-state index is 0.162. The number of nitrogens with two attached hydrogens (primary N) is 1. The van der Waals surface area contributed by atoms with Gasteiger partial charge in [-0.25, -0.2) is 0 Å². The minimum atomic E-state index is 0.162. The van der Waals surface area contributed by atoms with E-state index in [0.29, 0.717) is 12.5 Å². The minimum Gasteiger partial charge on any atom is -0.388 e. The van der Waals surface area contributed by atoms with E-state index in [1.807, 2.05) is 18.2 Å². The fourth-order valence-corrected chi connectivity index (χ4v) is 2.48. The molecule has 1 aliphatic heterocycles. The highest BCUT2D eigenvalue weighted by molar-refractivity contribution is 5.77. The second kappa shape index (κ2) is 5.98. The highest BCUT2D eigenvalue weighted by atomic mass is 16.5. The number of nitrogens with one attached hydrogen (secondary N) is 1. The highest BCUT2D eigenvalue weighted by Gasteiger charge is 2.27. The maximum absolute atomic E-state index is 7.56. The molecule has 0 radical (unpaired) electrons. The molecule has 2 atom stereocenters. The molecule has 98 valence electrons. The van der Waals surface area contributed by atoms with Crippen LogP contribution in [0.15, 0.2) is 30.3 Å². The van der Waals surface area contributed by atoms with Gasteiger partial charge in [-0.2, -0.15) is 0 Å². The normalized spacial score (nSPS) is 21.1. The first-order chi connectivity index (χ1) is 8.68. The van der Waals surface area contributed by atoms with Crippen molar-refractivity contribution >= 4 is 5.84 Å². The van der Waals surface area contributed by atoms with E-state index in [2.05, 4.69) is 24.1 Å². The van der Waals surface area contributed by atoms with Gasteiger partial charge in [0.2, 0.25) is 0 Å². The van der Waals surface area contributed by atoms with Gasteiger partial charge in [0.1, 0.15) is 0 Å². The Bertz CT molecular complexity index is 387. The Kier molecular flexibility index (Phi) is 4.33. The molecule has 2 unspecified atom stereocenters. The SMILES string of the molecule is CN(C1CCOC1)C(CC(=N)N)c1ccccc1. The zero-order chi connectivity index (χ0) is 13.0. The summed E-state index contributed by atoms with van der Waals surface area (Å²) in [6.45, 7) is 1.61. The van der Waals surface area contributed by atoms with Gasteiger partial charge >= 0.3 is 0 Å². The Morgan fingerprint density at radius 1 is 1.50 bits per heavy atom. The lowest BCUT2D eigenvalue weighted by Crippen LogP contribution is -2.37. The molecule has 1 aromatic rings. The lowest BCUT2D eigenvalue weighted by atomic mass is 10.00. The van der Waals surface area contributed by atoms with E-state index in [4.69, 9.17) is 15.9 Å². The molecule has 0 aliphatic carbocycles. The van der Waals surface area contributed by atoms with Gasteiger partial charge in [-0.3, -0.25) is 10.3 Å². The molecule has 1 heterocycles. The van der Waals surface area contributed by atoms with Crippen molar-refractivity contribution in [3.05, 3.63) is 35.9 Å². The van der Waals surface area contributed by atoms with Crippen LogP contribution in [0.25, 0.3) is 0 Å². The van der Waals surface area contributed by atoms with Crippen LogP contribution in [0.3, 0.4) is 0 Å². The van der Waals surface area contributed by atoms with Gasteiger partial charge in [0, 0.05) is 25.1 Å². The van der Waals surface area contributed by atoms with Crippen molar-refractivity contribution in [1.82, 2.24) is 4.90 Å². The molecule has 1 fully saturated rings. The summed E-state index contributed by atoms with van der Waals surface area (Å²) in [4.78, 5) is 2.30. The summed E-state index contributed by atoms with van der Waals surface area (Å²) >= 11 is 0. The lowest BCUT2D eigenvalue weighted by molar-refractivity contribution is 0.134. The summed E-state index contributed by atoms with van der Waals surface area (Å²) in [6, 6.07) is 10.8. The first kappa shape index (κ1) is 13.1. The van der Waals surface area contributed by atoms with Crippen molar-refractivity contribution < 1.29 is 4.74 Å². The zero-order valence-electron chi connectivity index (χ0n) is 10.8. The highest BCUT2D eigenvalue weighted by Crippen LogP contribution is 2.27. The molecule has 1 aliphatic rings. The topological polar surface area (TPSA) is 62.3 Å². The predicted octanol–water partition coefficient (Wildman–Crippen LogP) is 1.77. The van der Waals surface area contributed by atoms with Crippen molar-refractivity contribution in [2.24, 2.45) is 5.73 Å². The molecule has 1 aromatic carbocycles. The molecule has 0 amide bonds. The Morgan fingerprint density at radius 2 is 2.22 bits per heavy atom. The zero-order valence-corrected chi connectivity index (χ0v) is 10.8. The monoisotopic (exact) mass is 247 g/mol. The summed E-state index contributed by atoms with van der Waals surface area (Å²) in [5.74, 6) is 0.231. The van der Waals surface area contributed by atoms with Crippen LogP contribution in [0.5, 0.6) is 0 Å². The van der Waals surface area contributed by atoms with Crippen LogP contribution in [-0.2, 0) is 4.74 Å². The largest absolute Gasteiger partial charge is 0.388 e. The summed E-state index contributed by atoms with van der Waals surface area (Å²) in [6.07, 6.45) is 1.62. The quantitative estimate of drug-likeness (QED) is 0.616. The molecule has 3 N–H and O–H groups in total.